The number of ether oxygens (including phenoxy) is 2. The molecule has 90 valence electrons. The number of benzene rings is 1. The second-order valence-electron chi connectivity index (χ2n) is 3.78. The van der Waals surface area contributed by atoms with E-state index >= 15 is 0 Å². The van der Waals surface area contributed by atoms with Gasteiger partial charge in [-0.3, -0.25) is 0 Å². The quantitative estimate of drug-likeness (QED) is 0.624. The summed E-state index contributed by atoms with van der Waals surface area (Å²) in [5, 5.41) is 2.66. The van der Waals surface area contributed by atoms with Gasteiger partial charge in [0.05, 0.1) is 19.3 Å². The van der Waals surface area contributed by atoms with E-state index in [0.717, 1.165) is 5.56 Å². The summed E-state index contributed by atoms with van der Waals surface area (Å²) < 4.78 is 10.2. The second kappa shape index (κ2) is 6.06. The van der Waals surface area contributed by atoms with E-state index < -0.39 is 0 Å². The van der Waals surface area contributed by atoms with E-state index in [1.54, 1.807) is 0 Å². The van der Waals surface area contributed by atoms with E-state index in [1.807, 2.05) is 42.5 Å². The average Bonchev–Trinajstić information content (AvgIpc) is 2.76. The first kappa shape index (κ1) is 11.7. The molecule has 0 spiro atoms. The van der Waals surface area contributed by atoms with Crippen LogP contribution in [0.15, 0.2) is 42.5 Å². The first-order chi connectivity index (χ1) is 8.34. The maximum absolute atomic E-state index is 10.7. The molecule has 0 bridgehead atoms. The third-order valence-electron chi connectivity index (χ3n) is 2.39. The SMILES string of the molecule is O=C1N[C@H](/C=C\COCc2ccccc2)CO1. The Morgan fingerprint density at radius 2 is 2.24 bits per heavy atom. The van der Waals surface area contributed by atoms with Gasteiger partial charge in [0.25, 0.3) is 0 Å². The Kier molecular flexibility index (Phi) is 4.16. The smallest absolute Gasteiger partial charge is 0.407 e. The van der Waals surface area contributed by atoms with Gasteiger partial charge in [-0.15, -0.1) is 0 Å². The average molecular weight is 233 g/mol. The van der Waals surface area contributed by atoms with Gasteiger partial charge >= 0.3 is 6.09 Å². The highest BCUT2D eigenvalue weighted by atomic mass is 16.6. The Morgan fingerprint density at radius 3 is 2.94 bits per heavy atom. The van der Waals surface area contributed by atoms with Gasteiger partial charge in [-0.2, -0.15) is 0 Å². The van der Waals surface area contributed by atoms with Crippen molar-refractivity contribution in [3.05, 3.63) is 48.0 Å². The molecule has 1 aromatic rings. The predicted octanol–water partition coefficient (Wildman–Crippen LogP) is 1.87. The van der Waals surface area contributed by atoms with Gasteiger partial charge in [-0.1, -0.05) is 42.5 Å². The Hall–Kier alpha value is -1.81. The molecule has 2 rings (SSSR count). The van der Waals surface area contributed by atoms with Crippen molar-refractivity contribution in [2.24, 2.45) is 0 Å². The van der Waals surface area contributed by atoms with Gasteiger partial charge in [-0.25, -0.2) is 4.79 Å². The van der Waals surface area contributed by atoms with Gasteiger partial charge in [0, 0.05) is 0 Å². The van der Waals surface area contributed by atoms with Gasteiger partial charge in [-0.05, 0) is 5.56 Å². The van der Waals surface area contributed by atoms with Crippen molar-refractivity contribution in [3.63, 3.8) is 0 Å². The van der Waals surface area contributed by atoms with Crippen LogP contribution in [-0.4, -0.2) is 25.3 Å². The second-order valence-corrected chi connectivity index (χ2v) is 3.78. The molecule has 1 aliphatic heterocycles. The van der Waals surface area contributed by atoms with Gasteiger partial charge < -0.3 is 14.8 Å². The minimum Gasteiger partial charge on any atom is -0.447 e. The first-order valence-corrected chi connectivity index (χ1v) is 5.56. The number of cyclic esters (lactones) is 1. The summed E-state index contributed by atoms with van der Waals surface area (Å²) in [6.07, 6.45) is 3.42. The van der Waals surface area contributed by atoms with Crippen LogP contribution in [0.5, 0.6) is 0 Å². The molecular formula is C13H15NO3. The van der Waals surface area contributed by atoms with E-state index in [4.69, 9.17) is 9.47 Å². The zero-order valence-electron chi connectivity index (χ0n) is 9.46. The topological polar surface area (TPSA) is 47.6 Å². The highest BCUT2D eigenvalue weighted by Gasteiger charge is 2.18. The van der Waals surface area contributed by atoms with Crippen molar-refractivity contribution >= 4 is 6.09 Å². The number of rotatable bonds is 5. The zero-order chi connectivity index (χ0) is 11.9. The summed E-state index contributed by atoms with van der Waals surface area (Å²) >= 11 is 0. The van der Waals surface area contributed by atoms with E-state index in [9.17, 15) is 4.79 Å². The fourth-order valence-electron chi connectivity index (χ4n) is 1.54. The van der Waals surface area contributed by atoms with E-state index in [-0.39, 0.29) is 12.1 Å². The lowest BCUT2D eigenvalue weighted by Gasteiger charge is -2.02. The van der Waals surface area contributed by atoms with E-state index in [1.165, 1.54) is 0 Å². The summed E-state index contributed by atoms with van der Waals surface area (Å²) in [5.41, 5.74) is 1.15. The third-order valence-corrected chi connectivity index (χ3v) is 2.39. The molecule has 1 saturated heterocycles. The summed E-state index contributed by atoms with van der Waals surface area (Å²) in [7, 11) is 0. The third kappa shape index (κ3) is 3.92. The number of hydrogen-bond donors (Lipinski definition) is 1. The minimum atomic E-state index is -0.357. The predicted molar refractivity (Wildman–Crippen MR) is 63.5 cm³/mol. The van der Waals surface area contributed by atoms with Crippen LogP contribution in [0.1, 0.15) is 5.56 Å². The summed E-state index contributed by atoms with van der Waals surface area (Å²) in [5.74, 6) is 0. The lowest BCUT2D eigenvalue weighted by molar-refractivity contribution is 0.148. The Labute approximate surface area is 100 Å². The van der Waals surface area contributed by atoms with Crippen LogP contribution in [0.2, 0.25) is 0 Å². The minimum absolute atomic E-state index is 0.0252. The van der Waals surface area contributed by atoms with Gasteiger partial charge in [0.15, 0.2) is 0 Å². The molecule has 0 aliphatic carbocycles. The van der Waals surface area contributed by atoms with Crippen LogP contribution in [0, 0.1) is 0 Å². The fraction of sp³-hybridized carbons (Fsp3) is 0.308. The number of nitrogens with one attached hydrogen (secondary N) is 1. The normalized spacial score (nSPS) is 19.3. The molecule has 0 saturated carbocycles. The van der Waals surface area contributed by atoms with Gasteiger partial charge in [0.1, 0.15) is 6.61 Å². The summed E-state index contributed by atoms with van der Waals surface area (Å²) in [6, 6.07) is 9.97. The summed E-state index contributed by atoms with van der Waals surface area (Å²) in [6.45, 7) is 1.52. The number of carbonyl (C=O) groups is 1. The molecule has 1 heterocycles. The monoisotopic (exact) mass is 233 g/mol. The van der Waals surface area contributed by atoms with E-state index in [2.05, 4.69) is 5.32 Å². The van der Waals surface area contributed by atoms with Crippen LogP contribution >= 0.6 is 0 Å². The molecule has 0 radical (unpaired) electrons. The number of alkyl carbamates (subject to hydrolysis) is 1. The molecule has 1 aromatic carbocycles. The van der Waals surface area contributed by atoms with Crippen LogP contribution in [0.4, 0.5) is 4.79 Å². The Morgan fingerprint density at radius 1 is 1.41 bits per heavy atom. The fourth-order valence-corrected chi connectivity index (χ4v) is 1.54. The molecule has 1 N–H and O–H groups in total. The van der Waals surface area contributed by atoms with Crippen molar-refractivity contribution in [1.82, 2.24) is 5.32 Å². The summed E-state index contributed by atoms with van der Waals surface area (Å²) in [4.78, 5) is 10.7. The van der Waals surface area contributed by atoms with Crippen molar-refractivity contribution in [2.75, 3.05) is 13.2 Å². The lowest BCUT2D eigenvalue weighted by Crippen LogP contribution is -2.23. The lowest BCUT2D eigenvalue weighted by atomic mass is 10.2. The number of hydrogen-bond acceptors (Lipinski definition) is 3. The highest BCUT2D eigenvalue weighted by molar-refractivity contribution is 5.70. The highest BCUT2D eigenvalue weighted by Crippen LogP contribution is 2.01. The van der Waals surface area contributed by atoms with Crippen molar-refractivity contribution in [2.45, 2.75) is 12.6 Å². The molecule has 4 nitrogen and oxygen atoms in total. The molecule has 1 aliphatic rings. The maximum Gasteiger partial charge on any atom is 0.407 e. The molecule has 17 heavy (non-hydrogen) atoms. The molecule has 1 amide bonds. The molecule has 1 fully saturated rings. The Bertz CT molecular complexity index is 389. The first-order valence-electron chi connectivity index (χ1n) is 5.56. The molecule has 1 atom stereocenters. The standard InChI is InChI=1S/C13H15NO3/c15-13-14-12(10-17-13)7-4-8-16-9-11-5-2-1-3-6-11/h1-7,12H,8-10H2,(H,14,15)/b7-4-/t12-/m1/s1. The largest absolute Gasteiger partial charge is 0.447 e. The molecule has 0 aromatic heterocycles. The van der Waals surface area contributed by atoms with Gasteiger partial charge in [0.2, 0.25) is 0 Å². The van der Waals surface area contributed by atoms with Crippen LogP contribution in [0.25, 0.3) is 0 Å². The maximum atomic E-state index is 10.7. The van der Waals surface area contributed by atoms with Crippen LogP contribution < -0.4 is 5.32 Å². The van der Waals surface area contributed by atoms with Crippen molar-refractivity contribution in [3.8, 4) is 0 Å². The van der Waals surface area contributed by atoms with Crippen LogP contribution in [-0.2, 0) is 16.1 Å². The number of carbonyl (C=O) groups excluding carboxylic acids is 1. The molecule has 4 heteroatoms. The number of amides is 1. The van der Waals surface area contributed by atoms with Crippen molar-refractivity contribution < 1.29 is 14.3 Å². The van der Waals surface area contributed by atoms with Crippen molar-refractivity contribution in [1.29, 1.82) is 0 Å². The van der Waals surface area contributed by atoms with E-state index in [0.29, 0.717) is 19.8 Å². The molecule has 0 unspecified atom stereocenters. The Balaban J connectivity index is 1.63. The zero-order valence-corrected chi connectivity index (χ0v) is 9.46. The molecular weight excluding hydrogens is 218 g/mol. The van der Waals surface area contributed by atoms with Crippen LogP contribution in [0.3, 0.4) is 0 Å².